The molecule has 150 valence electrons. The van der Waals surface area contributed by atoms with Crippen LogP contribution >= 0.6 is 35.0 Å². The molecule has 0 spiro atoms. The summed E-state index contributed by atoms with van der Waals surface area (Å²) in [6.45, 7) is 1.28. The number of hydrogen-bond acceptors (Lipinski definition) is 6. The highest BCUT2D eigenvalue weighted by molar-refractivity contribution is 8.18. The lowest BCUT2D eigenvalue weighted by Gasteiger charge is -2.12. The molecule has 1 aliphatic heterocycles. The van der Waals surface area contributed by atoms with Crippen LogP contribution in [-0.2, 0) is 19.7 Å². The van der Waals surface area contributed by atoms with E-state index in [1.54, 1.807) is 18.2 Å². The molecule has 2 amide bonds. The average molecular weight is 471 g/mol. The molecular weight excluding hydrogens is 459 g/mol. The van der Waals surface area contributed by atoms with Crippen molar-refractivity contribution in [2.24, 2.45) is 4.99 Å². The molecule has 1 heterocycles. The quantitative estimate of drug-likeness (QED) is 0.537. The number of amides is 2. The van der Waals surface area contributed by atoms with Crippen LogP contribution in [0.1, 0.15) is 12.5 Å². The van der Waals surface area contributed by atoms with E-state index in [4.69, 9.17) is 27.4 Å². The monoisotopic (exact) mass is 470 g/mol. The Morgan fingerprint density at radius 2 is 1.90 bits per heavy atom. The van der Waals surface area contributed by atoms with Crippen molar-refractivity contribution in [3.8, 4) is 5.75 Å². The summed E-state index contributed by atoms with van der Waals surface area (Å²) >= 11 is 13.1. The number of benzene rings is 2. The third-order valence-corrected chi connectivity index (χ3v) is 6.09. The van der Waals surface area contributed by atoms with Gasteiger partial charge in [-0.05, 0) is 42.1 Å². The van der Waals surface area contributed by atoms with Crippen molar-refractivity contribution >= 4 is 68.1 Å². The number of nitrogens with zero attached hydrogens (tertiary/aromatic N) is 1. The van der Waals surface area contributed by atoms with Crippen molar-refractivity contribution in [3.05, 3.63) is 63.0 Å². The summed E-state index contributed by atoms with van der Waals surface area (Å²) in [5, 5.41) is 2.69. The Morgan fingerprint density at radius 3 is 2.55 bits per heavy atom. The molecule has 0 saturated carbocycles. The van der Waals surface area contributed by atoms with Gasteiger partial charge in [-0.3, -0.25) is 9.59 Å². The van der Waals surface area contributed by atoms with E-state index in [9.17, 15) is 18.0 Å². The van der Waals surface area contributed by atoms with Gasteiger partial charge in [-0.2, -0.15) is 13.4 Å². The molecule has 0 unspecified atom stereocenters. The van der Waals surface area contributed by atoms with Crippen LogP contribution in [0.3, 0.4) is 0 Å². The second-order valence-corrected chi connectivity index (χ2v) is 9.09. The molecular formula is C18H12Cl2N2O5S2. The molecule has 29 heavy (non-hydrogen) atoms. The highest BCUT2D eigenvalue weighted by Gasteiger charge is 2.25. The van der Waals surface area contributed by atoms with Crippen LogP contribution in [0.5, 0.6) is 5.75 Å². The molecule has 0 bridgehead atoms. The highest BCUT2D eigenvalue weighted by Crippen LogP contribution is 2.38. The Kier molecular flexibility index (Phi) is 6.33. The van der Waals surface area contributed by atoms with Gasteiger partial charge in [0.25, 0.3) is 5.91 Å². The number of amidine groups is 1. The number of rotatable bonds is 4. The molecule has 0 aromatic heterocycles. The largest absolute Gasteiger partial charge is 0.377 e. The summed E-state index contributed by atoms with van der Waals surface area (Å²) in [6, 6.07) is 10.3. The van der Waals surface area contributed by atoms with E-state index in [0.29, 0.717) is 0 Å². The summed E-state index contributed by atoms with van der Waals surface area (Å²) in [6.07, 6.45) is 1.35. The predicted octanol–water partition coefficient (Wildman–Crippen LogP) is 3.87. The van der Waals surface area contributed by atoms with E-state index in [0.717, 1.165) is 11.8 Å². The minimum absolute atomic E-state index is 0.0534. The lowest BCUT2D eigenvalue weighted by molar-refractivity contribution is -0.117. The van der Waals surface area contributed by atoms with Gasteiger partial charge >= 0.3 is 10.1 Å². The van der Waals surface area contributed by atoms with E-state index in [-0.39, 0.29) is 42.2 Å². The van der Waals surface area contributed by atoms with Gasteiger partial charge in [-0.25, -0.2) is 0 Å². The van der Waals surface area contributed by atoms with Crippen LogP contribution in [0.2, 0.25) is 10.0 Å². The van der Waals surface area contributed by atoms with Crippen molar-refractivity contribution in [2.45, 2.75) is 11.8 Å². The molecule has 7 nitrogen and oxygen atoms in total. The zero-order valence-corrected chi connectivity index (χ0v) is 17.8. The van der Waals surface area contributed by atoms with Crippen LogP contribution in [0.25, 0.3) is 6.08 Å². The standard InChI is InChI=1S/C18H12Cl2N2O5S2/c1-10(23)21-18-22-17(24)15(28-18)8-11-7-12(19)9-14(20)16(11)27-29(25,26)13-5-3-2-4-6-13/h2-9H,1H3,(H,21,22,23,24)/b15-8+. The van der Waals surface area contributed by atoms with Crippen LogP contribution in [-0.4, -0.2) is 25.4 Å². The van der Waals surface area contributed by atoms with Gasteiger partial charge in [0, 0.05) is 17.5 Å². The van der Waals surface area contributed by atoms with Gasteiger partial charge < -0.3 is 9.50 Å². The van der Waals surface area contributed by atoms with E-state index >= 15 is 0 Å². The van der Waals surface area contributed by atoms with Gasteiger partial charge in [-0.15, -0.1) is 0 Å². The summed E-state index contributed by atoms with van der Waals surface area (Å²) in [4.78, 5) is 27.0. The van der Waals surface area contributed by atoms with E-state index in [2.05, 4.69) is 10.3 Å². The summed E-state index contributed by atoms with van der Waals surface area (Å²) in [5.74, 6) is -1.17. The van der Waals surface area contributed by atoms with Crippen LogP contribution in [0, 0.1) is 0 Å². The van der Waals surface area contributed by atoms with E-state index in [1.165, 1.54) is 37.3 Å². The van der Waals surface area contributed by atoms with Crippen LogP contribution in [0.15, 0.2) is 57.3 Å². The fraction of sp³-hybridized carbons (Fsp3) is 0.0556. The minimum atomic E-state index is -4.18. The molecule has 1 aliphatic rings. The summed E-state index contributed by atoms with van der Waals surface area (Å²) in [5.41, 5.74) is 0.164. The van der Waals surface area contributed by atoms with Crippen molar-refractivity contribution < 1.29 is 22.2 Å². The van der Waals surface area contributed by atoms with Gasteiger partial charge in [0.1, 0.15) is 4.90 Å². The Bertz CT molecular complexity index is 1160. The van der Waals surface area contributed by atoms with Gasteiger partial charge in [0.15, 0.2) is 10.9 Å². The molecule has 0 fully saturated rings. The smallest absolute Gasteiger partial charge is 0.339 e. The molecule has 11 heteroatoms. The highest BCUT2D eigenvalue weighted by atomic mass is 35.5. The number of hydrogen-bond donors (Lipinski definition) is 1. The van der Waals surface area contributed by atoms with Gasteiger partial charge in [0.2, 0.25) is 5.91 Å². The van der Waals surface area contributed by atoms with Crippen molar-refractivity contribution in [1.82, 2.24) is 5.32 Å². The Hall–Kier alpha value is -2.33. The SMILES string of the molecule is CC(=O)NC1=NC(=O)/C(=C\c2cc(Cl)cc(Cl)c2OS(=O)(=O)c2ccccc2)S1. The molecule has 3 rings (SSSR count). The van der Waals surface area contributed by atoms with Crippen LogP contribution in [0.4, 0.5) is 0 Å². The number of carbonyl (C=O) groups excluding carboxylic acids is 2. The van der Waals surface area contributed by atoms with E-state index < -0.39 is 16.0 Å². The Balaban J connectivity index is 1.99. The number of nitrogens with one attached hydrogen (secondary N) is 1. The number of carbonyl (C=O) groups is 2. The fourth-order valence-corrected chi connectivity index (χ4v) is 4.71. The lowest BCUT2D eigenvalue weighted by Crippen LogP contribution is -2.23. The molecule has 0 atom stereocenters. The molecule has 2 aromatic rings. The average Bonchev–Trinajstić information content (AvgIpc) is 2.97. The number of halogens is 2. The molecule has 0 radical (unpaired) electrons. The second-order valence-electron chi connectivity index (χ2n) is 5.67. The minimum Gasteiger partial charge on any atom is -0.377 e. The third-order valence-electron chi connectivity index (χ3n) is 3.45. The van der Waals surface area contributed by atoms with Crippen molar-refractivity contribution in [3.63, 3.8) is 0 Å². The maximum absolute atomic E-state index is 12.6. The first-order valence-corrected chi connectivity index (χ1v) is 10.9. The van der Waals surface area contributed by atoms with Crippen LogP contribution < -0.4 is 9.50 Å². The first-order valence-electron chi connectivity index (χ1n) is 7.94. The van der Waals surface area contributed by atoms with Gasteiger partial charge in [0.05, 0.1) is 9.93 Å². The predicted molar refractivity (Wildman–Crippen MR) is 113 cm³/mol. The molecule has 2 aromatic carbocycles. The zero-order valence-electron chi connectivity index (χ0n) is 14.7. The zero-order chi connectivity index (χ0) is 21.2. The molecule has 0 saturated heterocycles. The van der Waals surface area contributed by atoms with Crippen molar-refractivity contribution in [1.29, 1.82) is 0 Å². The summed E-state index contributed by atoms with van der Waals surface area (Å²) in [7, 11) is -4.18. The first kappa shape index (κ1) is 21.4. The van der Waals surface area contributed by atoms with Gasteiger partial charge in [-0.1, -0.05) is 41.4 Å². The summed E-state index contributed by atoms with van der Waals surface area (Å²) < 4.78 is 30.4. The molecule has 0 aliphatic carbocycles. The number of aliphatic imine (C=N–C) groups is 1. The van der Waals surface area contributed by atoms with Crippen molar-refractivity contribution in [2.75, 3.05) is 0 Å². The topological polar surface area (TPSA) is 102 Å². The fourth-order valence-electron chi connectivity index (χ4n) is 2.27. The lowest BCUT2D eigenvalue weighted by atomic mass is 10.2. The normalized spacial score (nSPS) is 15.3. The first-order chi connectivity index (χ1) is 13.7. The molecule has 1 N–H and O–H groups in total. The Labute approximate surface area is 180 Å². The maximum Gasteiger partial charge on any atom is 0.339 e. The third kappa shape index (κ3) is 5.18. The number of thioether (sulfide) groups is 1. The Morgan fingerprint density at radius 1 is 1.21 bits per heavy atom. The second kappa shape index (κ2) is 8.58. The maximum atomic E-state index is 12.6. The van der Waals surface area contributed by atoms with E-state index in [1.807, 2.05) is 0 Å².